The van der Waals surface area contributed by atoms with E-state index in [-0.39, 0.29) is 12.0 Å². The number of amides is 1. The molecule has 2 aromatic rings. The Hall–Kier alpha value is -2.78. The van der Waals surface area contributed by atoms with Gasteiger partial charge in [-0.3, -0.25) is 4.79 Å². The van der Waals surface area contributed by atoms with Crippen LogP contribution in [0.15, 0.2) is 22.7 Å². The van der Waals surface area contributed by atoms with Gasteiger partial charge in [0.25, 0.3) is 5.89 Å². The number of rotatable bonds is 6. The van der Waals surface area contributed by atoms with E-state index in [1.807, 2.05) is 18.2 Å². The predicted molar refractivity (Wildman–Crippen MR) is 113 cm³/mol. The van der Waals surface area contributed by atoms with Crippen molar-refractivity contribution in [2.45, 2.75) is 31.2 Å². The lowest BCUT2D eigenvalue weighted by molar-refractivity contribution is -0.119. The van der Waals surface area contributed by atoms with Crippen LogP contribution in [0.5, 0.6) is 0 Å². The molecule has 4 rings (SSSR count). The third kappa shape index (κ3) is 5.43. The fraction of sp³-hybridized carbons (Fsp3) is 0.524. The van der Waals surface area contributed by atoms with Crippen LogP contribution in [0.1, 0.15) is 36.6 Å². The number of carbonyl (C=O) groups is 1. The van der Waals surface area contributed by atoms with Crippen LogP contribution in [0.3, 0.4) is 0 Å². The highest BCUT2D eigenvalue weighted by Gasteiger charge is 2.24. The summed E-state index contributed by atoms with van der Waals surface area (Å²) in [6.45, 7) is 2.88. The summed E-state index contributed by atoms with van der Waals surface area (Å²) >= 11 is 0. The second-order valence-corrected chi connectivity index (χ2v) is 7.43. The van der Waals surface area contributed by atoms with Crippen molar-refractivity contribution >= 4 is 18.3 Å². The first-order valence-electron chi connectivity index (χ1n) is 10.1. The average molecular weight is 415 g/mol. The summed E-state index contributed by atoms with van der Waals surface area (Å²) < 4.78 is 15.2. The molecular weight excluding hydrogens is 386 g/mol. The maximum Gasteiger partial charge on any atom is 0.258 e. The van der Waals surface area contributed by atoms with Crippen LogP contribution in [-0.4, -0.2) is 74.2 Å². The highest BCUT2D eigenvalue weighted by molar-refractivity contribution is 5.87. The molecule has 0 saturated carbocycles. The number of hydrogen-bond acceptors (Lipinski definition) is 8. The molecule has 0 radical (unpaired) electrons. The number of carbonyl (C=O) groups excluding carboxylic acids is 1. The molecule has 2 fully saturated rings. The Kier molecular flexibility index (Phi) is 7.92. The normalized spacial score (nSPS) is 19.1. The number of nitrogens with one attached hydrogen (secondary N) is 2. The largest absolute Gasteiger partial charge is 0.388 e. The second-order valence-electron chi connectivity index (χ2n) is 7.43. The Balaban J connectivity index is 0.000000806. The van der Waals surface area contributed by atoms with Gasteiger partial charge >= 0.3 is 0 Å². The van der Waals surface area contributed by atoms with Crippen LogP contribution < -0.4 is 5.32 Å². The van der Waals surface area contributed by atoms with Crippen molar-refractivity contribution < 1.29 is 18.8 Å². The van der Waals surface area contributed by atoms with Gasteiger partial charge in [0.15, 0.2) is 5.82 Å². The van der Waals surface area contributed by atoms with E-state index in [1.54, 1.807) is 19.1 Å². The zero-order chi connectivity index (χ0) is 21.3. The Morgan fingerprint density at radius 1 is 1.27 bits per heavy atom. The molecule has 9 heteroatoms. The van der Waals surface area contributed by atoms with Crippen molar-refractivity contribution in [3.05, 3.63) is 29.6 Å². The Bertz CT molecular complexity index is 827. The lowest BCUT2D eigenvalue weighted by atomic mass is 9.96. The maximum absolute atomic E-state index is 10.8. The van der Waals surface area contributed by atoms with Crippen molar-refractivity contribution in [1.82, 2.24) is 15.0 Å². The topological polar surface area (TPSA) is 114 Å². The molecule has 2 aliphatic rings. The highest BCUT2D eigenvalue weighted by atomic mass is 16.5. The first-order valence-corrected chi connectivity index (χ1v) is 10.1. The minimum atomic E-state index is 0.216. The third-order valence-electron chi connectivity index (χ3n) is 5.23. The van der Waals surface area contributed by atoms with Crippen LogP contribution in [0, 0.1) is 5.41 Å². The van der Waals surface area contributed by atoms with Gasteiger partial charge in [0.05, 0.1) is 12.6 Å². The molecule has 3 heterocycles. The minimum Gasteiger partial charge on any atom is -0.388 e. The van der Waals surface area contributed by atoms with E-state index in [0.717, 1.165) is 62.2 Å². The number of nitrogens with zero attached hydrogens (tertiary/aromatic N) is 3. The van der Waals surface area contributed by atoms with E-state index in [9.17, 15) is 4.79 Å². The molecule has 0 aliphatic carbocycles. The number of anilines is 1. The predicted octanol–water partition coefficient (Wildman–Crippen LogP) is 2.53. The van der Waals surface area contributed by atoms with Crippen LogP contribution in [0.4, 0.5) is 5.69 Å². The van der Waals surface area contributed by atoms with E-state index in [1.165, 1.54) is 6.21 Å². The van der Waals surface area contributed by atoms with Crippen molar-refractivity contribution in [2.75, 3.05) is 45.8 Å². The molecule has 1 atom stereocenters. The second kappa shape index (κ2) is 10.8. The lowest BCUT2D eigenvalue weighted by Crippen LogP contribution is -2.31. The van der Waals surface area contributed by atoms with E-state index >= 15 is 0 Å². The summed E-state index contributed by atoms with van der Waals surface area (Å²) in [5.74, 6) is 1.39. The molecule has 30 heavy (non-hydrogen) atoms. The number of likely N-dealkylation sites (tertiary alicyclic amines) is 1. The fourth-order valence-electron chi connectivity index (χ4n) is 3.59. The number of ether oxygens (including phenoxy) is 2. The van der Waals surface area contributed by atoms with Crippen molar-refractivity contribution in [3.63, 3.8) is 0 Å². The van der Waals surface area contributed by atoms with Crippen LogP contribution in [0.25, 0.3) is 11.5 Å². The van der Waals surface area contributed by atoms with E-state index in [2.05, 4.69) is 20.2 Å². The first kappa shape index (κ1) is 21.9. The molecule has 1 aromatic carbocycles. The van der Waals surface area contributed by atoms with Gasteiger partial charge in [-0.2, -0.15) is 4.98 Å². The van der Waals surface area contributed by atoms with Gasteiger partial charge in [-0.15, -0.1) is 0 Å². The van der Waals surface area contributed by atoms with Crippen molar-refractivity contribution in [3.8, 4) is 11.5 Å². The molecule has 1 unspecified atom stereocenters. The van der Waals surface area contributed by atoms with Gasteiger partial charge in [-0.05, 0) is 31.4 Å². The summed E-state index contributed by atoms with van der Waals surface area (Å²) in [4.78, 5) is 17.2. The summed E-state index contributed by atoms with van der Waals surface area (Å²) in [6, 6.07) is 5.97. The Morgan fingerprint density at radius 2 is 2.03 bits per heavy atom. The third-order valence-corrected chi connectivity index (χ3v) is 5.23. The van der Waals surface area contributed by atoms with Crippen molar-refractivity contribution in [2.24, 2.45) is 0 Å². The van der Waals surface area contributed by atoms with Gasteiger partial charge in [-0.25, -0.2) is 0 Å². The number of piperidine rings is 1. The molecule has 9 nitrogen and oxygen atoms in total. The fourth-order valence-corrected chi connectivity index (χ4v) is 3.59. The van der Waals surface area contributed by atoms with Crippen LogP contribution in [0.2, 0.25) is 0 Å². The standard InChI is InChI=1S/C19H23N5O3.C2H6O/c20-10-15-2-1-14(9-17(15)21-16-5-8-26-11-16)19-22-18(23-27-19)13-3-6-24(12-25)7-4-13;1-3-2/h1-2,9-10,12-13,16,20-21H,3-8,11H2;1-2H3. The van der Waals surface area contributed by atoms with Gasteiger partial charge in [0, 0.05) is 62.9 Å². The summed E-state index contributed by atoms with van der Waals surface area (Å²) in [5, 5.41) is 15.2. The molecular formula is C21H29N5O4. The Labute approximate surface area is 176 Å². The zero-order valence-electron chi connectivity index (χ0n) is 17.5. The summed E-state index contributed by atoms with van der Waals surface area (Å²) in [7, 11) is 3.25. The molecule has 1 amide bonds. The Morgan fingerprint density at radius 3 is 2.67 bits per heavy atom. The number of methoxy groups -OCH3 is 1. The highest BCUT2D eigenvalue weighted by Crippen LogP contribution is 2.29. The molecule has 2 saturated heterocycles. The number of aromatic nitrogens is 2. The summed E-state index contributed by atoms with van der Waals surface area (Å²) in [5.41, 5.74) is 2.51. The molecule has 2 N–H and O–H groups in total. The number of benzene rings is 1. The molecule has 0 bridgehead atoms. The number of hydrogen-bond donors (Lipinski definition) is 2. The minimum absolute atomic E-state index is 0.216. The monoisotopic (exact) mass is 415 g/mol. The van der Waals surface area contributed by atoms with Crippen LogP contribution in [-0.2, 0) is 14.3 Å². The smallest absolute Gasteiger partial charge is 0.258 e. The SMILES string of the molecule is COC.N=Cc1ccc(-c2nc(C3CCN(C=O)CC3)no2)cc1NC1CCOC1. The maximum atomic E-state index is 10.8. The molecule has 162 valence electrons. The lowest BCUT2D eigenvalue weighted by Gasteiger charge is -2.27. The van der Waals surface area contributed by atoms with Crippen molar-refractivity contribution in [1.29, 1.82) is 5.41 Å². The quantitative estimate of drug-likeness (QED) is 0.550. The van der Waals surface area contributed by atoms with Gasteiger partial charge in [0.1, 0.15) is 0 Å². The zero-order valence-corrected chi connectivity index (χ0v) is 17.5. The van der Waals surface area contributed by atoms with Gasteiger partial charge in [0.2, 0.25) is 6.41 Å². The van der Waals surface area contributed by atoms with Gasteiger partial charge < -0.3 is 29.6 Å². The van der Waals surface area contributed by atoms with Crippen LogP contribution >= 0.6 is 0 Å². The van der Waals surface area contributed by atoms with E-state index in [4.69, 9.17) is 14.7 Å². The molecule has 2 aliphatic heterocycles. The van der Waals surface area contributed by atoms with E-state index in [0.29, 0.717) is 18.3 Å². The van der Waals surface area contributed by atoms with E-state index < -0.39 is 0 Å². The van der Waals surface area contributed by atoms with Gasteiger partial charge in [-0.1, -0.05) is 11.2 Å². The first-order chi connectivity index (χ1) is 14.7. The molecule has 0 spiro atoms. The average Bonchev–Trinajstić information content (AvgIpc) is 3.47. The molecule has 1 aromatic heterocycles. The summed E-state index contributed by atoms with van der Waals surface area (Å²) in [6.07, 6.45) is 4.87.